The summed E-state index contributed by atoms with van der Waals surface area (Å²) in [6, 6.07) is 17.4. The van der Waals surface area contributed by atoms with Crippen molar-refractivity contribution >= 4 is 29.0 Å². The van der Waals surface area contributed by atoms with Crippen LogP contribution in [0.5, 0.6) is 0 Å². The molecule has 2 fully saturated rings. The quantitative estimate of drug-likeness (QED) is 0.232. The highest BCUT2D eigenvalue weighted by molar-refractivity contribution is 6.10. The molecule has 4 aliphatic rings. The van der Waals surface area contributed by atoms with E-state index >= 15 is 0 Å². The molecule has 0 unspecified atom stereocenters. The number of ether oxygens (including phenoxy) is 1. The van der Waals surface area contributed by atoms with Crippen LogP contribution in [0.15, 0.2) is 95.4 Å². The molecule has 2 aromatic carbocycles. The van der Waals surface area contributed by atoms with Gasteiger partial charge in [-0.1, -0.05) is 76.2 Å². The van der Waals surface area contributed by atoms with Crippen molar-refractivity contribution in [1.29, 1.82) is 0 Å². The average molecular weight is 676 g/mol. The number of hydrogen-bond donors (Lipinski definition) is 0. The lowest BCUT2D eigenvalue weighted by atomic mass is 9.82. The van der Waals surface area contributed by atoms with Gasteiger partial charge in [-0.15, -0.1) is 0 Å². The Kier molecular flexibility index (Phi) is 9.98. The summed E-state index contributed by atoms with van der Waals surface area (Å²) in [5.74, 6) is -0.284. The summed E-state index contributed by atoms with van der Waals surface area (Å²) in [6.45, 7) is 15.7. The Morgan fingerprint density at radius 3 is 1.70 bits per heavy atom. The van der Waals surface area contributed by atoms with Gasteiger partial charge in [-0.2, -0.15) is 0 Å². The van der Waals surface area contributed by atoms with Gasteiger partial charge in [-0.25, -0.2) is 4.58 Å². The number of hydrogen-bond acceptors (Lipinski definition) is 5. The molecule has 6 rings (SSSR count). The zero-order valence-corrected chi connectivity index (χ0v) is 31.4. The monoisotopic (exact) mass is 675 g/mol. The summed E-state index contributed by atoms with van der Waals surface area (Å²) in [5.41, 5.74) is 11.7. The molecule has 3 heterocycles. The largest absolute Gasteiger partial charge is 0.463 e. The number of anilines is 2. The molecule has 1 saturated carbocycles. The maximum absolute atomic E-state index is 13.1. The molecule has 0 spiro atoms. The Morgan fingerprint density at radius 1 is 0.760 bits per heavy atom. The summed E-state index contributed by atoms with van der Waals surface area (Å²) >= 11 is 0. The fraction of sp³-hybridized carbons (Fsp3) is 0.465. The fourth-order valence-corrected chi connectivity index (χ4v) is 8.47. The van der Waals surface area contributed by atoms with Gasteiger partial charge in [0.15, 0.2) is 13.1 Å². The first kappa shape index (κ1) is 35.4. The van der Waals surface area contributed by atoms with E-state index in [9.17, 15) is 9.59 Å². The molecule has 50 heavy (non-hydrogen) atoms. The minimum atomic E-state index is -0.309. The molecule has 3 aliphatic heterocycles. The summed E-state index contributed by atoms with van der Waals surface area (Å²) in [6.07, 6.45) is 12.7. The highest BCUT2D eigenvalue weighted by Gasteiger charge is 2.40. The van der Waals surface area contributed by atoms with E-state index in [4.69, 9.17) is 4.74 Å². The average Bonchev–Trinajstić information content (AvgIpc) is 3.41. The van der Waals surface area contributed by atoms with Crippen molar-refractivity contribution in [3.8, 4) is 0 Å². The number of carbonyl (C=O) groups excluding carboxylic acids is 2. The van der Waals surface area contributed by atoms with Crippen LogP contribution in [-0.4, -0.2) is 73.4 Å². The van der Waals surface area contributed by atoms with Crippen LogP contribution in [0.4, 0.5) is 11.4 Å². The number of piperazine rings is 1. The van der Waals surface area contributed by atoms with Crippen LogP contribution in [0.3, 0.4) is 0 Å². The van der Waals surface area contributed by atoms with Gasteiger partial charge in [0.2, 0.25) is 11.6 Å². The zero-order chi connectivity index (χ0) is 35.8. The number of allylic oxidation sites excluding steroid dienone is 8. The van der Waals surface area contributed by atoms with Crippen LogP contribution in [0.1, 0.15) is 84.8 Å². The maximum atomic E-state index is 13.1. The Balaban J connectivity index is 1.33. The van der Waals surface area contributed by atoms with Crippen molar-refractivity contribution in [3.05, 3.63) is 107 Å². The molecule has 0 aromatic heterocycles. The number of rotatable bonds is 6. The van der Waals surface area contributed by atoms with Crippen molar-refractivity contribution in [2.45, 2.75) is 90.6 Å². The molecule has 7 nitrogen and oxygen atoms in total. The molecule has 7 heteroatoms. The molecule has 0 radical (unpaired) electrons. The first-order chi connectivity index (χ1) is 23.8. The van der Waals surface area contributed by atoms with Crippen molar-refractivity contribution in [2.24, 2.45) is 0 Å². The Morgan fingerprint density at radius 2 is 1.24 bits per heavy atom. The topological polar surface area (TPSA) is 56.1 Å². The van der Waals surface area contributed by atoms with E-state index in [1.54, 1.807) is 0 Å². The smallest absolute Gasteiger partial charge is 0.306 e. The van der Waals surface area contributed by atoms with Crippen molar-refractivity contribution in [3.63, 3.8) is 0 Å². The molecule has 2 aromatic rings. The lowest BCUT2D eigenvalue weighted by Gasteiger charge is -2.29. The normalized spacial score (nSPS) is 23.0. The third-order valence-electron chi connectivity index (χ3n) is 11.1. The highest BCUT2D eigenvalue weighted by Crippen LogP contribution is 2.48. The van der Waals surface area contributed by atoms with E-state index < -0.39 is 0 Å². The second kappa shape index (κ2) is 14.1. The van der Waals surface area contributed by atoms with Gasteiger partial charge in [0.1, 0.15) is 0 Å². The van der Waals surface area contributed by atoms with Crippen molar-refractivity contribution in [1.82, 2.24) is 4.90 Å². The standard InChI is InChI=1S/C43H55N4O3/c1-30(2)50-40(49)25-24-39(48)46-26-28-47(29-27-46)41-31(20-22-37-42(3,4)33-16-9-11-18-35(33)44(37)7)14-13-15-32(41)21-23-38-43(5,6)34-17-10-12-19-36(34)45(38)8/h9-12,16-23,30H,13-15,24-29H2,1-8H3/q+1. The zero-order valence-electron chi connectivity index (χ0n) is 31.4. The third-order valence-corrected chi connectivity index (χ3v) is 11.1. The minimum Gasteiger partial charge on any atom is -0.463 e. The van der Waals surface area contributed by atoms with Crippen LogP contribution in [0, 0.1) is 0 Å². The Bertz CT molecular complexity index is 1710. The molecule has 1 aliphatic carbocycles. The number of benzene rings is 2. The second-order valence-electron chi connectivity index (χ2n) is 15.5. The predicted octanol–water partition coefficient (Wildman–Crippen LogP) is 7.67. The number of para-hydroxylation sites is 2. The summed E-state index contributed by atoms with van der Waals surface area (Å²) in [5, 5.41) is 0. The molecular weight excluding hydrogens is 620 g/mol. The van der Waals surface area contributed by atoms with Gasteiger partial charge >= 0.3 is 5.97 Å². The van der Waals surface area contributed by atoms with Crippen LogP contribution >= 0.6 is 0 Å². The minimum absolute atomic E-state index is 0.0251. The van der Waals surface area contributed by atoms with E-state index in [1.807, 2.05) is 18.7 Å². The van der Waals surface area contributed by atoms with Crippen LogP contribution in [0.2, 0.25) is 0 Å². The Labute approximate surface area is 299 Å². The van der Waals surface area contributed by atoms with Crippen molar-refractivity contribution < 1.29 is 18.9 Å². The van der Waals surface area contributed by atoms with Gasteiger partial charge in [0.25, 0.3) is 0 Å². The lowest BCUT2D eigenvalue weighted by Crippen LogP contribution is -2.47. The van der Waals surface area contributed by atoms with Crippen LogP contribution < -0.4 is 9.80 Å². The SMILES string of the molecule is CC(C)OC(=O)CCC(=O)N1CC[N+](=C2/C(=C/C=C3/N(C)c4ccccc4C3(C)C)CCC/C2=C\C=C2\N(C)c3ccccc3C2(C)C)CC1. The summed E-state index contributed by atoms with van der Waals surface area (Å²) in [4.78, 5) is 31.8. The molecule has 1 amide bonds. The van der Waals surface area contributed by atoms with Crippen LogP contribution in [-0.2, 0) is 25.2 Å². The second-order valence-corrected chi connectivity index (χ2v) is 15.5. The molecule has 0 atom stereocenters. The number of likely N-dealkylation sites (N-methyl/N-ethyl adjacent to an activating group) is 2. The molecule has 264 valence electrons. The summed E-state index contributed by atoms with van der Waals surface area (Å²) < 4.78 is 7.76. The fourth-order valence-electron chi connectivity index (χ4n) is 8.47. The number of nitrogens with zero attached hydrogens (tertiary/aromatic N) is 4. The van der Waals surface area contributed by atoms with E-state index in [1.165, 1.54) is 50.8 Å². The molecule has 0 bridgehead atoms. The number of esters is 1. The van der Waals surface area contributed by atoms with E-state index in [0.29, 0.717) is 13.1 Å². The number of carbonyl (C=O) groups is 2. The predicted molar refractivity (Wildman–Crippen MR) is 204 cm³/mol. The van der Waals surface area contributed by atoms with Gasteiger partial charge in [-0.3, -0.25) is 9.59 Å². The molecule has 1 saturated heterocycles. The first-order valence-electron chi connectivity index (χ1n) is 18.4. The lowest BCUT2D eigenvalue weighted by molar-refractivity contribution is -0.537. The van der Waals surface area contributed by atoms with Gasteiger partial charge in [-0.05, 0) is 68.5 Å². The molecular formula is C43H55N4O3+. The third kappa shape index (κ3) is 6.71. The van der Waals surface area contributed by atoms with Crippen molar-refractivity contribution in [2.75, 3.05) is 50.1 Å². The van der Waals surface area contributed by atoms with E-state index in [-0.39, 0.29) is 41.7 Å². The first-order valence-corrected chi connectivity index (χ1v) is 18.4. The van der Waals surface area contributed by atoms with Gasteiger partial charge < -0.3 is 19.4 Å². The van der Waals surface area contributed by atoms with E-state index in [2.05, 4.69) is 129 Å². The van der Waals surface area contributed by atoms with E-state index in [0.717, 1.165) is 32.4 Å². The Hall–Kier alpha value is -4.39. The summed E-state index contributed by atoms with van der Waals surface area (Å²) in [7, 11) is 4.36. The number of fused-ring (bicyclic) bond motifs is 2. The maximum Gasteiger partial charge on any atom is 0.306 e. The van der Waals surface area contributed by atoms with Crippen LogP contribution in [0.25, 0.3) is 0 Å². The number of amides is 1. The molecule has 0 N–H and O–H groups in total. The highest BCUT2D eigenvalue weighted by atomic mass is 16.5. The van der Waals surface area contributed by atoms with Gasteiger partial charge in [0, 0.05) is 65.3 Å². The van der Waals surface area contributed by atoms with Gasteiger partial charge in [0.05, 0.1) is 25.6 Å².